The zero-order valence-electron chi connectivity index (χ0n) is 11.2. The van der Waals surface area contributed by atoms with Gasteiger partial charge < -0.3 is 4.74 Å². The molecule has 2 rings (SSSR count). The predicted octanol–water partition coefficient (Wildman–Crippen LogP) is 5.33. The fraction of sp³-hybridized carbons (Fsp3) is 0.467. The van der Waals surface area contributed by atoms with Crippen LogP contribution in [0, 0.1) is 20.8 Å². The Balaban J connectivity index is 2.49. The molecule has 1 heterocycles. The molecular weight excluding hydrogens is 356 g/mol. The molecule has 0 aromatic heterocycles. The van der Waals surface area contributed by atoms with Crippen molar-refractivity contribution in [2.24, 2.45) is 0 Å². The van der Waals surface area contributed by atoms with E-state index in [0.29, 0.717) is 0 Å². The van der Waals surface area contributed by atoms with Crippen molar-refractivity contribution in [3.05, 3.63) is 37.8 Å². The van der Waals surface area contributed by atoms with Gasteiger partial charge >= 0.3 is 0 Å². The van der Waals surface area contributed by atoms with Gasteiger partial charge in [0.2, 0.25) is 0 Å². The molecule has 0 spiro atoms. The number of halogens is 2. The number of benzene rings is 1. The summed E-state index contributed by atoms with van der Waals surface area (Å²) in [6, 6.07) is 2.26. The van der Waals surface area contributed by atoms with E-state index in [0.717, 1.165) is 22.0 Å². The lowest BCUT2D eigenvalue weighted by Gasteiger charge is -2.35. The number of hydrogen-bond donors (Lipinski definition) is 0. The second kappa shape index (κ2) is 5.01. The first-order valence-corrected chi connectivity index (χ1v) is 7.73. The van der Waals surface area contributed by atoms with Crippen molar-refractivity contribution in [2.75, 3.05) is 0 Å². The molecule has 0 fully saturated rings. The Hall–Kier alpha value is -0.280. The van der Waals surface area contributed by atoms with Crippen LogP contribution in [0.25, 0.3) is 0 Å². The van der Waals surface area contributed by atoms with Crippen LogP contribution >= 0.6 is 31.9 Å². The highest BCUT2D eigenvalue weighted by Gasteiger charge is 2.31. The van der Waals surface area contributed by atoms with Gasteiger partial charge in [-0.15, -0.1) is 0 Å². The fourth-order valence-electron chi connectivity index (χ4n) is 2.54. The van der Waals surface area contributed by atoms with E-state index in [1.54, 1.807) is 0 Å². The van der Waals surface area contributed by atoms with Gasteiger partial charge in [-0.05, 0) is 101 Å². The Morgan fingerprint density at radius 3 is 2.56 bits per heavy atom. The molecule has 1 unspecified atom stereocenters. The molecule has 1 atom stereocenters. The lowest BCUT2D eigenvalue weighted by Crippen LogP contribution is -2.35. The van der Waals surface area contributed by atoms with E-state index in [-0.39, 0.29) is 5.60 Å². The molecule has 0 radical (unpaired) electrons. The van der Waals surface area contributed by atoms with E-state index in [9.17, 15) is 0 Å². The van der Waals surface area contributed by atoms with Crippen LogP contribution in [0.1, 0.15) is 35.6 Å². The maximum atomic E-state index is 6.29. The van der Waals surface area contributed by atoms with Crippen LogP contribution in [-0.4, -0.2) is 5.60 Å². The van der Waals surface area contributed by atoms with Gasteiger partial charge in [-0.25, -0.2) is 0 Å². The summed E-state index contributed by atoms with van der Waals surface area (Å²) >= 11 is 6.86. The SMILES string of the molecule is Cc1cc(C)c2c(c1C)OC(C)(C=C(Br)Br)CC2. The Morgan fingerprint density at radius 1 is 1.28 bits per heavy atom. The molecule has 0 amide bonds. The monoisotopic (exact) mass is 372 g/mol. The van der Waals surface area contributed by atoms with Crippen molar-refractivity contribution in [1.82, 2.24) is 0 Å². The first-order valence-electron chi connectivity index (χ1n) is 6.15. The van der Waals surface area contributed by atoms with Crippen LogP contribution in [0.5, 0.6) is 5.75 Å². The maximum absolute atomic E-state index is 6.29. The summed E-state index contributed by atoms with van der Waals surface area (Å²) < 4.78 is 7.23. The van der Waals surface area contributed by atoms with Crippen molar-refractivity contribution >= 4 is 31.9 Å². The average molecular weight is 374 g/mol. The topological polar surface area (TPSA) is 9.23 Å². The van der Waals surface area contributed by atoms with E-state index < -0.39 is 0 Å². The summed E-state index contributed by atoms with van der Waals surface area (Å²) in [4.78, 5) is 0. The fourth-order valence-corrected chi connectivity index (χ4v) is 3.51. The molecule has 98 valence electrons. The van der Waals surface area contributed by atoms with Crippen molar-refractivity contribution in [3.63, 3.8) is 0 Å². The van der Waals surface area contributed by atoms with Gasteiger partial charge in [0.1, 0.15) is 11.4 Å². The molecule has 0 aliphatic carbocycles. The third-order valence-corrected chi connectivity index (χ3v) is 4.19. The highest BCUT2D eigenvalue weighted by molar-refractivity contribution is 9.28. The van der Waals surface area contributed by atoms with Crippen LogP contribution in [0.2, 0.25) is 0 Å². The second-order valence-corrected chi connectivity index (χ2v) is 8.06. The molecule has 0 saturated carbocycles. The van der Waals surface area contributed by atoms with E-state index in [1.165, 1.54) is 22.3 Å². The highest BCUT2D eigenvalue weighted by Crippen LogP contribution is 2.40. The highest BCUT2D eigenvalue weighted by atomic mass is 79.9. The van der Waals surface area contributed by atoms with Crippen LogP contribution in [-0.2, 0) is 6.42 Å². The van der Waals surface area contributed by atoms with E-state index >= 15 is 0 Å². The van der Waals surface area contributed by atoms with Crippen LogP contribution < -0.4 is 4.74 Å². The van der Waals surface area contributed by atoms with Gasteiger partial charge in [-0.3, -0.25) is 0 Å². The number of rotatable bonds is 1. The smallest absolute Gasteiger partial charge is 0.127 e. The normalized spacial score (nSPS) is 22.1. The van der Waals surface area contributed by atoms with Gasteiger partial charge in [-0.2, -0.15) is 0 Å². The van der Waals surface area contributed by atoms with Gasteiger partial charge in [0.25, 0.3) is 0 Å². The van der Waals surface area contributed by atoms with Gasteiger partial charge in [0.15, 0.2) is 0 Å². The molecule has 1 aromatic carbocycles. The molecule has 0 saturated heterocycles. The summed E-state index contributed by atoms with van der Waals surface area (Å²) in [6.45, 7) is 8.60. The minimum atomic E-state index is -0.236. The molecule has 0 N–H and O–H groups in total. The average Bonchev–Trinajstić information content (AvgIpc) is 2.24. The zero-order valence-corrected chi connectivity index (χ0v) is 14.4. The molecule has 1 nitrogen and oxygen atoms in total. The Labute approximate surface area is 126 Å². The number of aryl methyl sites for hydroxylation is 2. The standard InChI is InChI=1S/C15H18Br2O/c1-9-7-10(2)12-5-6-15(4,8-13(16)17)18-14(12)11(9)3/h7-8H,5-6H2,1-4H3. The van der Waals surface area contributed by atoms with E-state index in [1.807, 2.05) is 0 Å². The molecular formula is C15H18Br2O. The third kappa shape index (κ3) is 2.67. The molecule has 18 heavy (non-hydrogen) atoms. The largest absolute Gasteiger partial charge is 0.483 e. The summed E-state index contributed by atoms with van der Waals surface area (Å²) in [5.74, 6) is 1.08. The minimum Gasteiger partial charge on any atom is -0.483 e. The molecule has 1 aromatic rings. The first kappa shape index (κ1) is 14.1. The number of fused-ring (bicyclic) bond motifs is 1. The first-order chi connectivity index (χ1) is 8.32. The van der Waals surface area contributed by atoms with Crippen molar-refractivity contribution in [2.45, 2.75) is 46.1 Å². The van der Waals surface area contributed by atoms with E-state index in [4.69, 9.17) is 4.74 Å². The quantitative estimate of drug-likeness (QED) is 0.646. The summed E-state index contributed by atoms with van der Waals surface area (Å²) in [7, 11) is 0. The van der Waals surface area contributed by atoms with Crippen molar-refractivity contribution < 1.29 is 4.74 Å². The molecule has 0 bridgehead atoms. The maximum Gasteiger partial charge on any atom is 0.127 e. The van der Waals surface area contributed by atoms with E-state index in [2.05, 4.69) is 71.7 Å². The zero-order chi connectivity index (χ0) is 13.5. The predicted molar refractivity (Wildman–Crippen MR) is 83.9 cm³/mol. The van der Waals surface area contributed by atoms with Gasteiger partial charge in [0, 0.05) is 0 Å². The summed E-state index contributed by atoms with van der Waals surface area (Å²) in [5.41, 5.74) is 5.05. The van der Waals surface area contributed by atoms with Gasteiger partial charge in [0.05, 0.1) is 3.39 Å². The Bertz CT molecular complexity index is 516. The molecule has 1 aliphatic heterocycles. The Kier molecular flexibility index (Phi) is 3.93. The summed E-state index contributed by atoms with van der Waals surface area (Å²) in [6.07, 6.45) is 4.17. The number of hydrogen-bond acceptors (Lipinski definition) is 1. The molecule has 3 heteroatoms. The molecule has 1 aliphatic rings. The third-order valence-electron chi connectivity index (χ3n) is 3.74. The lowest BCUT2D eigenvalue weighted by atomic mass is 9.88. The van der Waals surface area contributed by atoms with Gasteiger partial charge in [-0.1, -0.05) is 6.07 Å². The minimum absolute atomic E-state index is 0.236. The number of ether oxygens (including phenoxy) is 1. The van der Waals surface area contributed by atoms with Crippen LogP contribution in [0.4, 0.5) is 0 Å². The van der Waals surface area contributed by atoms with Crippen LogP contribution in [0.15, 0.2) is 15.5 Å². The second-order valence-electron chi connectivity index (χ2n) is 5.29. The van der Waals surface area contributed by atoms with Crippen LogP contribution in [0.3, 0.4) is 0 Å². The lowest BCUT2D eigenvalue weighted by molar-refractivity contribution is 0.113. The van der Waals surface area contributed by atoms with Crippen molar-refractivity contribution in [1.29, 1.82) is 0 Å². The summed E-state index contributed by atoms with van der Waals surface area (Å²) in [5, 5.41) is 0. The van der Waals surface area contributed by atoms with Crippen molar-refractivity contribution in [3.8, 4) is 5.75 Å². The Morgan fingerprint density at radius 2 is 1.94 bits per heavy atom.